The molecular weight excluding hydrogens is 256 g/mol. The Labute approximate surface area is 118 Å². The van der Waals surface area contributed by atoms with E-state index in [1.807, 2.05) is 31.2 Å². The molecule has 1 aromatic heterocycles. The van der Waals surface area contributed by atoms with Gasteiger partial charge in [-0.15, -0.1) is 0 Å². The van der Waals surface area contributed by atoms with E-state index in [1.165, 1.54) is 0 Å². The smallest absolute Gasteiger partial charge is 0.270 e. The first-order valence-corrected chi connectivity index (χ1v) is 6.64. The third kappa shape index (κ3) is 3.18. The first-order valence-electron chi connectivity index (χ1n) is 6.64. The van der Waals surface area contributed by atoms with Crippen LogP contribution in [0.4, 0.5) is 0 Å². The molecule has 1 amide bonds. The van der Waals surface area contributed by atoms with Crippen molar-refractivity contribution in [3.05, 3.63) is 35.5 Å². The van der Waals surface area contributed by atoms with Crippen LogP contribution in [0.2, 0.25) is 0 Å². The summed E-state index contributed by atoms with van der Waals surface area (Å²) < 4.78 is 4.99. The summed E-state index contributed by atoms with van der Waals surface area (Å²) in [6, 6.07) is 7.86. The molecule has 20 heavy (non-hydrogen) atoms. The van der Waals surface area contributed by atoms with Gasteiger partial charge in [-0.1, -0.05) is 12.1 Å². The quantitative estimate of drug-likeness (QED) is 0.841. The topological polar surface area (TPSA) is 65.6 Å². The van der Waals surface area contributed by atoms with Crippen molar-refractivity contribution in [2.45, 2.75) is 6.92 Å². The summed E-state index contributed by atoms with van der Waals surface area (Å²) in [7, 11) is 1.59. The zero-order valence-electron chi connectivity index (χ0n) is 11.8. The van der Waals surface area contributed by atoms with Crippen LogP contribution in [0.25, 0.3) is 10.9 Å². The molecule has 0 fully saturated rings. The lowest BCUT2D eigenvalue weighted by atomic mass is 10.2. The molecule has 0 saturated carbocycles. The molecule has 0 radical (unpaired) electrons. The Morgan fingerprint density at radius 2 is 2.15 bits per heavy atom. The van der Waals surface area contributed by atoms with Crippen molar-refractivity contribution in [2.24, 2.45) is 0 Å². The van der Waals surface area contributed by atoms with Crippen LogP contribution in [-0.4, -0.2) is 54.3 Å². The minimum Gasteiger partial charge on any atom is -0.395 e. The highest BCUT2D eigenvalue weighted by molar-refractivity contribution is 5.98. The van der Waals surface area contributed by atoms with Crippen molar-refractivity contribution in [2.75, 3.05) is 33.4 Å². The van der Waals surface area contributed by atoms with Gasteiger partial charge in [-0.3, -0.25) is 4.79 Å². The number of rotatable bonds is 6. The summed E-state index contributed by atoms with van der Waals surface area (Å²) in [5.74, 6) is -0.120. The molecule has 0 unspecified atom stereocenters. The molecule has 1 aromatic carbocycles. The molecule has 0 spiro atoms. The predicted octanol–water partition coefficient (Wildman–Crippen LogP) is 1.56. The number of carbonyl (C=O) groups is 1. The molecule has 0 aliphatic rings. The van der Waals surface area contributed by atoms with E-state index in [9.17, 15) is 4.79 Å². The van der Waals surface area contributed by atoms with Crippen molar-refractivity contribution in [1.82, 2.24) is 9.88 Å². The van der Waals surface area contributed by atoms with Crippen LogP contribution in [0.15, 0.2) is 24.3 Å². The maximum atomic E-state index is 12.4. The van der Waals surface area contributed by atoms with Gasteiger partial charge in [0.25, 0.3) is 5.91 Å². The molecule has 0 aliphatic carbocycles. The second kappa shape index (κ2) is 6.54. The van der Waals surface area contributed by atoms with E-state index >= 15 is 0 Å². The molecule has 5 heteroatoms. The van der Waals surface area contributed by atoms with Crippen LogP contribution in [-0.2, 0) is 4.74 Å². The lowest BCUT2D eigenvalue weighted by Gasteiger charge is -2.20. The van der Waals surface area contributed by atoms with E-state index in [4.69, 9.17) is 9.84 Å². The Kier molecular flexibility index (Phi) is 4.76. The van der Waals surface area contributed by atoms with Crippen molar-refractivity contribution in [1.29, 1.82) is 0 Å². The zero-order valence-corrected chi connectivity index (χ0v) is 11.8. The highest BCUT2D eigenvalue weighted by atomic mass is 16.5. The van der Waals surface area contributed by atoms with Gasteiger partial charge in [0, 0.05) is 31.1 Å². The van der Waals surface area contributed by atoms with E-state index < -0.39 is 0 Å². The average Bonchev–Trinajstić information content (AvgIpc) is 2.85. The van der Waals surface area contributed by atoms with Gasteiger partial charge in [-0.25, -0.2) is 0 Å². The lowest BCUT2D eigenvalue weighted by molar-refractivity contribution is 0.0652. The number of aromatic nitrogens is 1. The van der Waals surface area contributed by atoms with Gasteiger partial charge in [-0.2, -0.15) is 0 Å². The summed E-state index contributed by atoms with van der Waals surface area (Å²) in [5, 5.41) is 10.1. The number of nitrogens with one attached hydrogen (secondary N) is 1. The number of aliphatic hydroxyl groups is 1. The van der Waals surface area contributed by atoms with Gasteiger partial charge in [0.1, 0.15) is 5.69 Å². The van der Waals surface area contributed by atoms with E-state index in [-0.39, 0.29) is 12.5 Å². The van der Waals surface area contributed by atoms with Gasteiger partial charge >= 0.3 is 0 Å². The highest BCUT2D eigenvalue weighted by Gasteiger charge is 2.17. The minimum absolute atomic E-state index is 0.0607. The van der Waals surface area contributed by atoms with Gasteiger partial charge in [-0.05, 0) is 24.6 Å². The third-order valence-electron chi connectivity index (χ3n) is 3.23. The van der Waals surface area contributed by atoms with Crippen LogP contribution < -0.4 is 0 Å². The molecule has 0 bridgehead atoms. The summed E-state index contributed by atoms with van der Waals surface area (Å²) >= 11 is 0. The van der Waals surface area contributed by atoms with Crippen LogP contribution in [0, 0.1) is 6.92 Å². The standard InChI is InChI=1S/C15H20N2O3/c1-11-3-4-12-10-14(16-13(12)9-11)15(19)17(5-7-18)6-8-20-2/h3-4,9-10,16,18H,5-8H2,1-2H3. The van der Waals surface area contributed by atoms with Gasteiger partial charge < -0.3 is 19.7 Å². The van der Waals surface area contributed by atoms with Gasteiger partial charge in [0.2, 0.25) is 0 Å². The Balaban J connectivity index is 2.23. The number of benzene rings is 1. The second-order valence-corrected chi connectivity index (χ2v) is 4.78. The summed E-state index contributed by atoms with van der Waals surface area (Å²) in [5.41, 5.74) is 2.63. The number of H-pyrrole nitrogens is 1. The zero-order chi connectivity index (χ0) is 14.5. The number of nitrogens with zero attached hydrogens (tertiary/aromatic N) is 1. The maximum absolute atomic E-state index is 12.4. The first-order chi connectivity index (χ1) is 9.65. The molecule has 2 rings (SSSR count). The minimum atomic E-state index is -0.120. The molecular formula is C15H20N2O3. The van der Waals surface area contributed by atoms with Crippen molar-refractivity contribution < 1.29 is 14.6 Å². The number of fused-ring (bicyclic) bond motifs is 1. The number of carbonyl (C=O) groups excluding carboxylic acids is 1. The number of methoxy groups -OCH3 is 1. The molecule has 5 nitrogen and oxygen atoms in total. The molecule has 2 N–H and O–H groups in total. The number of hydrogen-bond acceptors (Lipinski definition) is 3. The Morgan fingerprint density at radius 1 is 1.35 bits per heavy atom. The first kappa shape index (κ1) is 14.6. The molecule has 1 heterocycles. The number of aromatic amines is 1. The van der Waals surface area contributed by atoms with Crippen molar-refractivity contribution in [3.8, 4) is 0 Å². The van der Waals surface area contributed by atoms with Gasteiger partial charge in [0.05, 0.1) is 13.2 Å². The number of amides is 1. The molecule has 108 valence electrons. The van der Waals surface area contributed by atoms with E-state index in [2.05, 4.69) is 4.98 Å². The van der Waals surface area contributed by atoms with E-state index in [0.29, 0.717) is 25.4 Å². The molecule has 2 aromatic rings. The van der Waals surface area contributed by atoms with Crippen LogP contribution in [0.5, 0.6) is 0 Å². The number of ether oxygens (including phenoxy) is 1. The van der Waals surface area contributed by atoms with Crippen LogP contribution in [0.1, 0.15) is 16.1 Å². The monoisotopic (exact) mass is 276 g/mol. The third-order valence-corrected chi connectivity index (χ3v) is 3.23. The molecule has 0 aliphatic heterocycles. The molecule has 0 saturated heterocycles. The largest absolute Gasteiger partial charge is 0.395 e. The number of aryl methyl sites for hydroxylation is 1. The summed E-state index contributed by atoms with van der Waals surface area (Å²) in [4.78, 5) is 17.1. The Morgan fingerprint density at radius 3 is 2.85 bits per heavy atom. The fourth-order valence-corrected chi connectivity index (χ4v) is 2.16. The summed E-state index contributed by atoms with van der Waals surface area (Å²) in [6.45, 7) is 3.17. The predicted molar refractivity (Wildman–Crippen MR) is 77.9 cm³/mol. The normalized spacial score (nSPS) is 10.9. The van der Waals surface area contributed by atoms with Crippen LogP contribution >= 0.6 is 0 Å². The number of aliphatic hydroxyl groups excluding tert-OH is 1. The average molecular weight is 276 g/mol. The maximum Gasteiger partial charge on any atom is 0.270 e. The second-order valence-electron chi connectivity index (χ2n) is 4.78. The molecule has 0 atom stereocenters. The van der Waals surface area contributed by atoms with E-state index in [0.717, 1.165) is 16.5 Å². The van der Waals surface area contributed by atoms with E-state index in [1.54, 1.807) is 12.0 Å². The summed E-state index contributed by atoms with van der Waals surface area (Å²) in [6.07, 6.45) is 0. The van der Waals surface area contributed by atoms with Gasteiger partial charge in [0.15, 0.2) is 0 Å². The van der Waals surface area contributed by atoms with Crippen LogP contribution in [0.3, 0.4) is 0 Å². The van der Waals surface area contributed by atoms with Crippen molar-refractivity contribution in [3.63, 3.8) is 0 Å². The fraction of sp³-hybridized carbons (Fsp3) is 0.400. The number of hydrogen-bond donors (Lipinski definition) is 2. The van der Waals surface area contributed by atoms with Crippen molar-refractivity contribution >= 4 is 16.8 Å². The Bertz CT molecular complexity index is 592. The highest BCUT2D eigenvalue weighted by Crippen LogP contribution is 2.18. The lowest BCUT2D eigenvalue weighted by Crippen LogP contribution is -2.36. The SMILES string of the molecule is COCCN(CCO)C(=O)c1cc2ccc(C)cc2[nH]1. The Hall–Kier alpha value is -1.85. The fourth-order valence-electron chi connectivity index (χ4n) is 2.16.